The molecule has 312 valence electrons. The van der Waals surface area contributed by atoms with Crippen LogP contribution in [0.4, 0.5) is 0 Å². The number of allylic oxidation sites excluding steroid dienone is 4. The molecule has 1 amide bonds. The fourth-order valence-corrected chi connectivity index (χ4v) is 6.93. The van der Waals surface area contributed by atoms with E-state index in [2.05, 4.69) is 50.4 Å². The maximum absolute atomic E-state index is 13.1. The highest BCUT2D eigenvalue weighted by Crippen LogP contribution is 2.17. The number of hydrogen-bond donors (Lipinski definition) is 3. The monoisotopic (exact) mass is 748 g/mol. The average molecular weight is 748 g/mol. The van der Waals surface area contributed by atoms with Crippen LogP contribution in [0.15, 0.2) is 24.3 Å². The number of ether oxygens (including phenoxy) is 1. The van der Waals surface area contributed by atoms with Gasteiger partial charge in [-0.15, -0.1) is 0 Å². The third kappa shape index (κ3) is 37.1. The fourth-order valence-electron chi connectivity index (χ4n) is 6.93. The number of carbonyl (C=O) groups is 2. The van der Waals surface area contributed by atoms with Crippen LogP contribution in [0.3, 0.4) is 0 Å². The molecule has 0 aromatic heterocycles. The zero-order chi connectivity index (χ0) is 38.9. The van der Waals surface area contributed by atoms with Crippen LogP contribution in [0, 0.1) is 0 Å². The Bertz CT molecular complexity index is 843. The quantitative estimate of drug-likeness (QED) is 0.0329. The molecule has 3 atom stereocenters. The first-order chi connectivity index (χ1) is 26.0. The summed E-state index contributed by atoms with van der Waals surface area (Å²) in [6, 6.07) is -0.701. The lowest BCUT2D eigenvalue weighted by molar-refractivity contribution is -0.151. The van der Waals surface area contributed by atoms with Crippen LogP contribution in [-0.4, -0.2) is 46.9 Å². The van der Waals surface area contributed by atoms with Gasteiger partial charge in [-0.2, -0.15) is 0 Å². The fraction of sp³-hybridized carbons (Fsp3) is 0.872. The molecule has 0 fully saturated rings. The van der Waals surface area contributed by atoms with Gasteiger partial charge in [-0.1, -0.05) is 180 Å². The van der Waals surface area contributed by atoms with Crippen molar-refractivity contribution in [2.24, 2.45) is 0 Å². The maximum Gasteiger partial charge on any atom is 0.306 e. The highest BCUT2D eigenvalue weighted by atomic mass is 16.5. The van der Waals surface area contributed by atoms with Crippen molar-refractivity contribution in [1.29, 1.82) is 0 Å². The Morgan fingerprint density at radius 3 is 1.42 bits per heavy atom. The number of unbranched alkanes of at least 4 members (excludes halogenated alkanes) is 25. The number of esters is 1. The highest BCUT2D eigenvalue weighted by Gasteiger charge is 2.24. The van der Waals surface area contributed by atoms with Crippen LogP contribution in [0.2, 0.25) is 0 Å². The van der Waals surface area contributed by atoms with Crippen LogP contribution in [0.5, 0.6) is 0 Å². The summed E-state index contributed by atoms with van der Waals surface area (Å²) in [4.78, 5) is 25.9. The Kier molecular flexibility index (Phi) is 40.2. The van der Waals surface area contributed by atoms with Gasteiger partial charge in [0.2, 0.25) is 5.91 Å². The maximum atomic E-state index is 13.1. The van der Waals surface area contributed by atoms with Crippen LogP contribution in [0.1, 0.15) is 239 Å². The van der Waals surface area contributed by atoms with Gasteiger partial charge in [0, 0.05) is 6.42 Å². The molecule has 0 aliphatic carbocycles. The molecule has 6 heteroatoms. The summed E-state index contributed by atoms with van der Waals surface area (Å²) in [6.07, 6.45) is 45.3. The first kappa shape index (κ1) is 51.3. The van der Waals surface area contributed by atoms with Crippen molar-refractivity contribution in [3.05, 3.63) is 24.3 Å². The summed E-state index contributed by atoms with van der Waals surface area (Å²) in [7, 11) is 0. The van der Waals surface area contributed by atoms with E-state index in [1.165, 1.54) is 116 Å². The minimum Gasteiger partial charge on any atom is -0.462 e. The molecule has 3 unspecified atom stereocenters. The zero-order valence-corrected chi connectivity index (χ0v) is 35.4. The summed E-state index contributed by atoms with van der Waals surface area (Å²) < 4.78 is 5.88. The second-order valence-corrected chi connectivity index (χ2v) is 15.8. The number of aliphatic hydroxyl groups is 2. The number of nitrogens with one attached hydrogen (secondary N) is 1. The lowest BCUT2D eigenvalue weighted by atomic mass is 10.0. The van der Waals surface area contributed by atoms with E-state index in [9.17, 15) is 19.8 Å². The molecule has 3 N–H and O–H groups in total. The summed E-state index contributed by atoms with van der Waals surface area (Å²) in [5, 5.41) is 23.5. The van der Waals surface area contributed by atoms with Crippen LogP contribution in [0.25, 0.3) is 0 Å². The molecule has 0 bridgehead atoms. The van der Waals surface area contributed by atoms with Crippen LogP contribution >= 0.6 is 0 Å². The lowest BCUT2D eigenvalue weighted by Crippen LogP contribution is -2.46. The summed E-state index contributed by atoms with van der Waals surface area (Å²) in [5.74, 6) is -0.498. The molecule has 0 aliphatic heterocycles. The van der Waals surface area contributed by atoms with Crippen molar-refractivity contribution in [1.82, 2.24) is 5.32 Å². The van der Waals surface area contributed by atoms with Gasteiger partial charge in [0.05, 0.1) is 25.2 Å². The molecule has 0 saturated carbocycles. The third-order valence-electron chi connectivity index (χ3n) is 10.5. The molecule has 0 spiro atoms. The minimum atomic E-state index is -0.786. The van der Waals surface area contributed by atoms with Gasteiger partial charge in [-0.3, -0.25) is 9.59 Å². The van der Waals surface area contributed by atoms with Gasteiger partial charge in [0.25, 0.3) is 0 Å². The van der Waals surface area contributed by atoms with Crippen molar-refractivity contribution in [3.63, 3.8) is 0 Å². The SMILES string of the molecule is CCCC/C=C\CCCCCC(CC(=O)NC(CO)C(O)CCCCCCCCCCC)OC(=O)CCCCCCC/C=C/CCCCCCCCC. The predicted octanol–water partition coefficient (Wildman–Crippen LogP) is 13.2. The molecule has 0 saturated heterocycles. The van der Waals surface area contributed by atoms with Crippen molar-refractivity contribution in [3.8, 4) is 0 Å². The third-order valence-corrected chi connectivity index (χ3v) is 10.5. The molecule has 0 aromatic rings. The van der Waals surface area contributed by atoms with E-state index in [4.69, 9.17) is 4.74 Å². The second kappa shape index (κ2) is 41.5. The Morgan fingerprint density at radius 2 is 0.925 bits per heavy atom. The number of amides is 1. The van der Waals surface area contributed by atoms with E-state index in [-0.39, 0.29) is 24.9 Å². The van der Waals surface area contributed by atoms with Gasteiger partial charge in [-0.25, -0.2) is 0 Å². The average Bonchev–Trinajstić information content (AvgIpc) is 3.15. The Balaban J connectivity index is 4.51. The zero-order valence-electron chi connectivity index (χ0n) is 35.4. The first-order valence-electron chi connectivity index (χ1n) is 23.1. The molecule has 53 heavy (non-hydrogen) atoms. The molecular weight excluding hydrogens is 659 g/mol. The molecule has 6 nitrogen and oxygen atoms in total. The van der Waals surface area contributed by atoms with Gasteiger partial charge < -0.3 is 20.3 Å². The van der Waals surface area contributed by atoms with Crippen LogP contribution in [-0.2, 0) is 14.3 Å². The standard InChI is InChI=1S/C47H89NO5/c1-4-7-10-13-16-19-20-21-22-23-24-25-28-31-34-37-40-47(52)53-43(38-35-32-29-26-17-14-11-8-5-2)41-46(51)48-44(42-49)45(50)39-36-33-30-27-18-15-12-9-6-3/h14,17,22-23,43-45,49-50H,4-13,15-16,18-21,24-42H2,1-3H3,(H,48,51)/b17-14-,23-22+. The van der Waals surface area contributed by atoms with Crippen molar-refractivity contribution >= 4 is 11.9 Å². The van der Waals surface area contributed by atoms with E-state index in [1.807, 2.05) is 0 Å². The van der Waals surface area contributed by atoms with Gasteiger partial charge in [0.1, 0.15) is 6.10 Å². The summed E-state index contributed by atoms with van der Waals surface area (Å²) >= 11 is 0. The van der Waals surface area contributed by atoms with Gasteiger partial charge in [-0.05, 0) is 70.6 Å². The normalized spacial score (nSPS) is 13.5. The number of hydrogen-bond acceptors (Lipinski definition) is 5. The predicted molar refractivity (Wildman–Crippen MR) is 227 cm³/mol. The van der Waals surface area contributed by atoms with Gasteiger partial charge in [0.15, 0.2) is 0 Å². The molecular formula is C47H89NO5. The number of rotatable bonds is 41. The highest BCUT2D eigenvalue weighted by molar-refractivity contribution is 5.77. The summed E-state index contributed by atoms with van der Waals surface area (Å²) in [5.41, 5.74) is 0. The first-order valence-corrected chi connectivity index (χ1v) is 23.1. The van der Waals surface area contributed by atoms with E-state index < -0.39 is 18.2 Å². The summed E-state index contributed by atoms with van der Waals surface area (Å²) in [6.45, 7) is 6.40. The number of aliphatic hydroxyl groups excluding tert-OH is 2. The van der Waals surface area contributed by atoms with Crippen molar-refractivity contribution in [2.75, 3.05) is 6.61 Å². The smallest absolute Gasteiger partial charge is 0.306 e. The topological polar surface area (TPSA) is 95.9 Å². The van der Waals surface area contributed by atoms with E-state index >= 15 is 0 Å². The molecule has 0 radical (unpaired) electrons. The molecule has 0 rings (SSSR count). The Hall–Kier alpha value is -1.66. The second-order valence-electron chi connectivity index (χ2n) is 15.8. The number of carbonyl (C=O) groups excluding carboxylic acids is 2. The molecule has 0 aliphatic rings. The van der Waals surface area contributed by atoms with E-state index in [1.54, 1.807) is 0 Å². The van der Waals surface area contributed by atoms with Crippen molar-refractivity contribution < 1.29 is 24.5 Å². The Labute approximate surface area is 329 Å². The largest absolute Gasteiger partial charge is 0.462 e. The van der Waals surface area contributed by atoms with E-state index in [0.717, 1.165) is 77.0 Å². The van der Waals surface area contributed by atoms with Crippen LogP contribution < -0.4 is 5.32 Å². The minimum absolute atomic E-state index is 0.0659. The van der Waals surface area contributed by atoms with E-state index in [0.29, 0.717) is 19.3 Å². The van der Waals surface area contributed by atoms with Crippen molar-refractivity contribution in [2.45, 2.75) is 257 Å². The van der Waals surface area contributed by atoms with Gasteiger partial charge >= 0.3 is 5.97 Å². The Morgan fingerprint density at radius 1 is 0.528 bits per heavy atom. The lowest BCUT2D eigenvalue weighted by Gasteiger charge is -2.24. The molecule has 0 aromatic carbocycles. The molecule has 0 heterocycles.